The number of amides is 1. The zero-order valence-corrected chi connectivity index (χ0v) is 15.4. The third kappa shape index (κ3) is 5.11. The first-order chi connectivity index (χ1) is 13.2. The number of benzene rings is 1. The largest absolute Gasteiger partial charge is 0.497 e. The average molecular weight is 385 g/mol. The van der Waals surface area contributed by atoms with Crippen LogP contribution in [0.5, 0.6) is 5.75 Å². The molecule has 4 N–H and O–H groups in total. The van der Waals surface area contributed by atoms with Gasteiger partial charge in [-0.2, -0.15) is 0 Å². The Bertz CT molecular complexity index is 884. The number of aromatic nitrogens is 4. The molecule has 0 spiro atoms. The van der Waals surface area contributed by atoms with Gasteiger partial charge in [-0.3, -0.25) is 4.79 Å². The van der Waals surface area contributed by atoms with Crippen LogP contribution in [0.4, 0.5) is 11.5 Å². The Morgan fingerprint density at radius 2 is 2.04 bits per heavy atom. The molecule has 3 rings (SSSR count). The van der Waals surface area contributed by atoms with E-state index >= 15 is 0 Å². The highest BCUT2D eigenvalue weighted by Crippen LogP contribution is 2.17. The number of carbonyl (C=O) groups is 1. The summed E-state index contributed by atoms with van der Waals surface area (Å²) in [5, 5.41) is 14.5. The van der Waals surface area contributed by atoms with Crippen molar-refractivity contribution in [2.24, 2.45) is 0 Å². The summed E-state index contributed by atoms with van der Waals surface area (Å²) < 4.78 is 6.49. The summed E-state index contributed by atoms with van der Waals surface area (Å²) in [5.74, 6) is 7.81. The second-order valence-electron chi connectivity index (χ2n) is 5.40. The maximum absolute atomic E-state index is 12.0. The summed E-state index contributed by atoms with van der Waals surface area (Å²) >= 11 is 1.20. The normalized spacial score (nSPS) is 10.4. The van der Waals surface area contributed by atoms with E-state index in [9.17, 15) is 4.79 Å². The Morgan fingerprint density at radius 1 is 1.22 bits per heavy atom. The van der Waals surface area contributed by atoms with Gasteiger partial charge in [-0.05, 0) is 36.4 Å². The summed E-state index contributed by atoms with van der Waals surface area (Å²) in [6.07, 6.45) is 1.61. The van der Waals surface area contributed by atoms with Crippen LogP contribution in [0.3, 0.4) is 0 Å². The lowest BCUT2D eigenvalue weighted by Crippen LogP contribution is -2.18. The lowest BCUT2D eigenvalue weighted by Gasteiger charge is -2.07. The first-order valence-corrected chi connectivity index (χ1v) is 9.05. The van der Waals surface area contributed by atoms with Crippen molar-refractivity contribution in [3.8, 4) is 5.75 Å². The highest BCUT2D eigenvalue weighted by molar-refractivity contribution is 7.99. The van der Waals surface area contributed by atoms with Crippen molar-refractivity contribution in [1.82, 2.24) is 19.9 Å². The molecule has 0 bridgehead atoms. The van der Waals surface area contributed by atoms with E-state index in [2.05, 4.69) is 25.8 Å². The average Bonchev–Trinajstić information content (AvgIpc) is 3.05. The molecule has 1 amide bonds. The zero-order chi connectivity index (χ0) is 19.1. The van der Waals surface area contributed by atoms with Crippen LogP contribution in [0.1, 0.15) is 5.82 Å². The fourth-order valence-electron chi connectivity index (χ4n) is 2.16. The minimum atomic E-state index is -0.195. The quantitative estimate of drug-likeness (QED) is 0.396. The van der Waals surface area contributed by atoms with Crippen LogP contribution in [0.25, 0.3) is 0 Å². The van der Waals surface area contributed by atoms with Crippen LogP contribution in [0.15, 0.2) is 53.8 Å². The van der Waals surface area contributed by atoms with E-state index in [1.54, 1.807) is 31.5 Å². The molecule has 0 radical (unpaired) electrons. The number of nitrogen functional groups attached to an aromatic ring is 1. The molecule has 0 fully saturated rings. The minimum Gasteiger partial charge on any atom is -0.497 e. The van der Waals surface area contributed by atoms with Gasteiger partial charge in [0.05, 0.1) is 19.4 Å². The fraction of sp³-hybridized carbons (Fsp3) is 0.176. The molecule has 140 valence electrons. The standard InChI is InChI=1S/C17H19N7O2S/c1-26-13-7-5-12(6-8-13)20-10-15-22-23-17(24(15)18)27-11-16(25)21-14-4-2-3-9-19-14/h2-9,20H,10-11,18H2,1H3,(H,19,21,25). The monoisotopic (exact) mass is 385 g/mol. The zero-order valence-electron chi connectivity index (χ0n) is 14.6. The summed E-state index contributed by atoms with van der Waals surface area (Å²) in [6, 6.07) is 12.8. The van der Waals surface area contributed by atoms with Gasteiger partial charge >= 0.3 is 0 Å². The number of nitrogens with two attached hydrogens (primary N) is 1. The lowest BCUT2D eigenvalue weighted by atomic mass is 10.3. The van der Waals surface area contributed by atoms with E-state index in [4.69, 9.17) is 10.6 Å². The van der Waals surface area contributed by atoms with Crippen LogP contribution in [0.2, 0.25) is 0 Å². The van der Waals surface area contributed by atoms with Crippen molar-refractivity contribution in [1.29, 1.82) is 0 Å². The second-order valence-corrected chi connectivity index (χ2v) is 6.35. The molecule has 0 aliphatic heterocycles. The number of methoxy groups -OCH3 is 1. The van der Waals surface area contributed by atoms with Crippen molar-refractivity contribution in [3.05, 3.63) is 54.5 Å². The molecule has 9 nitrogen and oxygen atoms in total. The summed E-state index contributed by atoms with van der Waals surface area (Å²) in [4.78, 5) is 16.0. The Labute approximate surface area is 160 Å². The molecule has 10 heteroatoms. The molecule has 0 aliphatic carbocycles. The third-order valence-electron chi connectivity index (χ3n) is 3.54. The Morgan fingerprint density at radius 3 is 2.74 bits per heavy atom. The maximum atomic E-state index is 12.0. The molecule has 0 saturated heterocycles. The van der Waals surface area contributed by atoms with Crippen LogP contribution >= 0.6 is 11.8 Å². The van der Waals surface area contributed by atoms with E-state index in [1.165, 1.54) is 16.4 Å². The van der Waals surface area contributed by atoms with Crippen molar-refractivity contribution in [2.45, 2.75) is 11.7 Å². The number of thioether (sulfide) groups is 1. The number of ether oxygens (including phenoxy) is 1. The Balaban J connectivity index is 1.51. The van der Waals surface area contributed by atoms with Crippen molar-refractivity contribution >= 4 is 29.2 Å². The van der Waals surface area contributed by atoms with Crippen LogP contribution in [0, 0.1) is 0 Å². The molecule has 0 unspecified atom stereocenters. The number of nitrogens with one attached hydrogen (secondary N) is 2. The smallest absolute Gasteiger partial charge is 0.236 e. The molecule has 0 atom stereocenters. The number of rotatable bonds is 8. The number of nitrogens with zero attached hydrogens (tertiary/aromatic N) is 4. The van der Waals surface area contributed by atoms with Crippen molar-refractivity contribution in [3.63, 3.8) is 0 Å². The number of carbonyl (C=O) groups excluding carboxylic acids is 1. The second kappa shape index (κ2) is 8.90. The topological polar surface area (TPSA) is 120 Å². The lowest BCUT2D eigenvalue weighted by molar-refractivity contribution is -0.113. The first-order valence-electron chi connectivity index (χ1n) is 8.06. The van der Waals surface area contributed by atoms with Gasteiger partial charge in [-0.15, -0.1) is 10.2 Å². The molecule has 0 aliphatic rings. The van der Waals surface area contributed by atoms with E-state index in [-0.39, 0.29) is 11.7 Å². The van der Waals surface area contributed by atoms with Gasteiger partial charge in [0.15, 0.2) is 5.82 Å². The number of anilines is 2. The SMILES string of the molecule is COc1ccc(NCc2nnc(SCC(=O)Nc3ccccn3)n2N)cc1. The van der Waals surface area contributed by atoms with Gasteiger partial charge in [0.2, 0.25) is 11.1 Å². The van der Waals surface area contributed by atoms with Crippen LogP contribution < -0.4 is 21.2 Å². The van der Waals surface area contributed by atoms with E-state index < -0.39 is 0 Å². The van der Waals surface area contributed by atoms with Gasteiger partial charge in [-0.1, -0.05) is 17.8 Å². The van der Waals surface area contributed by atoms with Gasteiger partial charge in [-0.25, -0.2) is 9.66 Å². The molecule has 2 aromatic heterocycles. The molecule has 27 heavy (non-hydrogen) atoms. The predicted octanol–water partition coefficient (Wildman–Crippen LogP) is 1.74. The van der Waals surface area contributed by atoms with Crippen LogP contribution in [-0.2, 0) is 11.3 Å². The molecule has 3 aromatic rings. The molecular weight excluding hydrogens is 366 g/mol. The Hall–Kier alpha value is -3.27. The van der Waals surface area contributed by atoms with Gasteiger partial charge < -0.3 is 21.2 Å². The van der Waals surface area contributed by atoms with Crippen molar-refractivity contribution in [2.75, 3.05) is 29.3 Å². The highest BCUT2D eigenvalue weighted by Gasteiger charge is 2.12. The summed E-state index contributed by atoms with van der Waals surface area (Å²) in [7, 11) is 1.62. The van der Waals surface area contributed by atoms with E-state index in [0.29, 0.717) is 23.3 Å². The van der Waals surface area contributed by atoms with Crippen molar-refractivity contribution < 1.29 is 9.53 Å². The van der Waals surface area contributed by atoms with Gasteiger partial charge in [0.25, 0.3) is 0 Å². The first kappa shape index (κ1) is 18.5. The molecule has 0 saturated carbocycles. The Kier molecular flexibility index (Phi) is 6.10. The third-order valence-corrected chi connectivity index (χ3v) is 4.48. The van der Waals surface area contributed by atoms with Gasteiger partial charge in [0, 0.05) is 11.9 Å². The number of hydrogen-bond donors (Lipinski definition) is 3. The van der Waals surface area contributed by atoms with E-state index in [1.807, 2.05) is 24.3 Å². The van der Waals surface area contributed by atoms with E-state index in [0.717, 1.165) is 11.4 Å². The fourth-order valence-corrected chi connectivity index (χ4v) is 2.84. The van der Waals surface area contributed by atoms with Crippen LogP contribution in [-0.4, -0.2) is 38.6 Å². The van der Waals surface area contributed by atoms with Gasteiger partial charge in [0.1, 0.15) is 11.6 Å². The molecule has 2 heterocycles. The number of hydrogen-bond acceptors (Lipinski definition) is 8. The minimum absolute atomic E-state index is 0.151. The maximum Gasteiger partial charge on any atom is 0.236 e. The number of pyridine rings is 1. The summed E-state index contributed by atoms with van der Waals surface area (Å²) in [6.45, 7) is 0.399. The molecule has 1 aromatic carbocycles. The summed E-state index contributed by atoms with van der Waals surface area (Å²) in [5.41, 5.74) is 0.905. The predicted molar refractivity (Wildman–Crippen MR) is 104 cm³/mol. The molecular formula is C17H19N7O2S. The highest BCUT2D eigenvalue weighted by atomic mass is 32.2.